The maximum Gasteiger partial charge on any atom is 0.412 e. The highest BCUT2D eigenvalue weighted by atomic mass is 32.1. The molecule has 1 fully saturated rings. The zero-order chi connectivity index (χ0) is 17.5. The quantitative estimate of drug-likeness (QED) is 0.789. The first kappa shape index (κ1) is 17.0. The second kappa shape index (κ2) is 6.20. The number of amides is 1. The van der Waals surface area contributed by atoms with E-state index in [1.54, 1.807) is 11.3 Å². The van der Waals surface area contributed by atoms with E-state index in [1.165, 1.54) is 0 Å². The summed E-state index contributed by atoms with van der Waals surface area (Å²) >= 11 is 1.56. The highest BCUT2D eigenvalue weighted by Gasteiger charge is 2.48. The number of carbonyl (C=O) groups is 1. The molecule has 2 aromatic rings. The standard InChI is InChI=1S/C17H15F4NOS/c1-9-2-7-14(24-9)12-8-13(12)16(23)22-15(17(19,20)21)10-3-5-11(18)6-4-10/h2-7,12-13,15H,8H2,1H3,(H,22,23). The molecule has 1 N–H and O–H groups in total. The van der Waals surface area contributed by atoms with E-state index in [0.29, 0.717) is 6.42 Å². The van der Waals surface area contributed by atoms with E-state index < -0.39 is 29.9 Å². The number of carbonyl (C=O) groups excluding carboxylic acids is 1. The Hall–Kier alpha value is -1.89. The molecule has 0 bridgehead atoms. The molecule has 0 saturated heterocycles. The molecule has 0 aliphatic heterocycles. The van der Waals surface area contributed by atoms with Gasteiger partial charge in [0.15, 0.2) is 6.04 Å². The van der Waals surface area contributed by atoms with Crippen molar-refractivity contribution < 1.29 is 22.4 Å². The van der Waals surface area contributed by atoms with Crippen LogP contribution in [0.4, 0.5) is 17.6 Å². The van der Waals surface area contributed by atoms with Crippen molar-refractivity contribution in [3.8, 4) is 0 Å². The summed E-state index contributed by atoms with van der Waals surface area (Å²) in [7, 11) is 0. The van der Waals surface area contributed by atoms with Crippen LogP contribution in [-0.4, -0.2) is 12.1 Å². The molecule has 3 rings (SSSR count). The predicted octanol–water partition coefficient (Wildman–Crippen LogP) is 4.72. The molecule has 1 aromatic carbocycles. The molecule has 3 atom stereocenters. The molecule has 0 radical (unpaired) electrons. The largest absolute Gasteiger partial charge is 0.412 e. The van der Waals surface area contributed by atoms with E-state index in [0.717, 1.165) is 34.0 Å². The highest BCUT2D eigenvalue weighted by molar-refractivity contribution is 7.12. The number of thiophene rings is 1. The van der Waals surface area contributed by atoms with Crippen LogP contribution in [0.15, 0.2) is 36.4 Å². The highest BCUT2D eigenvalue weighted by Crippen LogP contribution is 2.50. The SMILES string of the molecule is Cc1ccc(C2CC2C(=O)NC(c2ccc(F)cc2)C(F)(F)F)s1. The Morgan fingerprint density at radius 1 is 1.21 bits per heavy atom. The fourth-order valence-corrected chi connectivity index (χ4v) is 3.77. The van der Waals surface area contributed by atoms with E-state index >= 15 is 0 Å². The average molecular weight is 357 g/mol. The van der Waals surface area contributed by atoms with Crippen LogP contribution in [-0.2, 0) is 4.79 Å². The number of rotatable bonds is 4. The first-order chi connectivity index (χ1) is 11.3. The molecule has 7 heteroatoms. The number of hydrogen-bond acceptors (Lipinski definition) is 2. The molecular weight excluding hydrogens is 342 g/mol. The van der Waals surface area contributed by atoms with Crippen molar-refractivity contribution >= 4 is 17.2 Å². The third-order valence-corrected chi connectivity index (χ3v) is 5.20. The van der Waals surface area contributed by atoms with Crippen molar-refractivity contribution in [3.63, 3.8) is 0 Å². The van der Waals surface area contributed by atoms with Gasteiger partial charge in [-0.15, -0.1) is 11.3 Å². The monoisotopic (exact) mass is 357 g/mol. The van der Waals surface area contributed by atoms with Crippen LogP contribution in [0.3, 0.4) is 0 Å². The number of benzene rings is 1. The normalized spacial score (nSPS) is 21.4. The molecule has 1 amide bonds. The minimum atomic E-state index is -4.64. The third kappa shape index (κ3) is 3.61. The van der Waals surface area contributed by atoms with Crippen molar-refractivity contribution in [1.82, 2.24) is 5.32 Å². The van der Waals surface area contributed by atoms with Gasteiger partial charge in [-0.05, 0) is 43.2 Å². The number of halogens is 4. The lowest BCUT2D eigenvalue weighted by atomic mass is 10.1. The molecule has 24 heavy (non-hydrogen) atoms. The van der Waals surface area contributed by atoms with Crippen molar-refractivity contribution in [1.29, 1.82) is 0 Å². The molecule has 128 valence electrons. The number of hydrogen-bond donors (Lipinski definition) is 1. The lowest BCUT2D eigenvalue weighted by molar-refractivity contribution is -0.163. The van der Waals surface area contributed by atoms with Gasteiger partial charge in [-0.1, -0.05) is 12.1 Å². The van der Waals surface area contributed by atoms with Gasteiger partial charge >= 0.3 is 6.18 Å². The van der Waals surface area contributed by atoms with E-state index in [9.17, 15) is 22.4 Å². The molecule has 3 unspecified atom stereocenters. The second-order valence-corrected chi connectivity index (χ2v) is 7.25. The van der Waals surface area contributed by atoms with Crippen LogP contribution in [0.5, 0.6) is 0 Å². The first-order valence-corrected chi connectivity index (χ1v) is 8.26. The van der Waals surface area contributed by atoms with Crippen molar-refractivity contribution in [2.75, 3.05) is 0 Å². The van der Waals surface area contributed by atoms with Crippen LogP contribution in [0.2, 0.25) is 0 Å². The summed E-state index contributed by atoms with van der Waals surface area (Å²) in [6, 6.07) is 5.71. The fraction of sp³-hybridized carbons (Fsp3) is 0.353. The summed E-state index contributed by atoms with van der Waals surface area (Å²) in [6.07, 6.45) is -4.09. The van der Waals surface area contributed by atoms with Crippen LogP contribution < -0.4 is 5.32 Å². The van der Waals surface area contributed by atoms with E-state index in [2.05, 4.69) is 5.32 Å². The molecule has 1 saturated carbocycles. The predicted molar refractivity (Wildman–Crippen MR) is 83.2 cm³/mol. The second-order valence-electron chi connectivity index (χ2n) is 5.93. The topological polar surface area (TPSA) is 29.1 Å². The number of aryl methyl sites for hydroxylation is 1. The van der Waals surface area contributed by atoms with Gasteiger partial charge in [0.25, 0.3) is 0 Å². The van der Waals surface area contributed by atoms with E-state index in [4.69, 9.17) is 0 Å². The van der Waals surface area contributed by atoms with Crippen molar-refractivity contribution in [2.24, 2.45) is 5.92 Å². The van der Waals surface area contributed by atoms with Gasteiger partial charge in [0.1, 0.15) is 5.82 Å². The molecule has 1 aromatic heterocycles. The summed E-state index contributed by atoms with van der Waals surface area (Å²) in [4.78, 5) is 14.3. The maximum atomic E-state index is 13.3. The average Bonchev–Trinajstić information content (AvgIpc) is 3.19. The van der Waals surface area contributed by atoms with Crippen molar-refractivity contribution in [2.45, 2.75) is 31.5 Å². The zero-order valence-corrected chi connectivity index (χ0v) is 13.5. The van der Waals surface area contributed by atoms with Crippen LogP contribution in [0, 0.1) is 18.7 Å². The molecule has 2 nitrogen and oxygen atoms in total. The zero-order valence-electron chi connectivity index (χ0n) is 12.7. The third-order valence-electron chi connectivity index (χ3n) is 4.07. The summed E-state index contributed by atoms with van der Waals surface area (Å²) in [6.45, 7) is 1.94. The fourth-order valence-electron chi connectivity index (χ4n) is 2.71. The van der Waals surface area contributed by atoms with Crippen LogP contribution in [0.25, 0.3) is 0 Å². The van der Waals surface area contributed by atoms with Crippen molar-refractivity contribution in [3.05, 3.63) is 57.5 Å². The Bertz CT molecular complexity index is 738. The number of alkyl halides is 3. The summed E-state index contributed by atoms with van der Waals surface area (Å²) in [5.41, 5.74) is -0.179. The number of nitrogens with one attached hydrogen (secondary N) is 1. The molecule has 1 heterocycles. The molecular formula is C17H15F4NOS. The van der Waals surface area contributed by atoms with E-state index in [-0.39, 0.29) is 11.5 Å². The van der Waals surface area contributed by atoms with Gasteiger partial charge < -0.3 is 5.32 Å². The van der Waals surface area contributed by atoms with E-state index in [1.807, 2.05) is 19.1 Å². The Morgan fingerprint density at radius 2 is 1.88 bits per heavy atom. The van der Waals surface area contributed by atoms with Gasteiger partial charge in [-0.2, -0.15) is 13.2 Å². The molecule has 1 aliphatic carbocycles. The smallest absolute Gasteiger partial charge is 0.341 e. The van der Waals surface area contributed by atoms with Gasteiger partial charge in [0, 0.05) is 21.6 Å². The summed E-state index contributed by atoms with van der Waals surface area (Å²) in [5, 5.41) is 2.08. The van der Waals surface area contributed by atoms with Gasteiger partial charge in [0.05, 0.1) is 0 Å². The van der Waals surface area contributed by atoms with Gasteiger partial charge in [-0.25, -0.2) is 4.39 Å². The maximum absolute atomic E-state index is 13.3. The van der Waals surface area contributed by atoms with Crippen LogP contribution in [0.1, 0.15) is 33.7 Å². The minimum absolute atomic E-state index is 0.00852. The Kier molecular flexibility index (Phi) is 4.38. The molecule has 1 aliphatic rings. The lowest BCUT2D eigenvalue weighted by Gasteiger charge is -2.22. The summed E-state index contributed by atoms with van der Waals surface area (Å²) < 4.78 is 52.7. The van der Waals surface area contributed by atoms with Gasteiger partial charge in [-0.3, -0.25) is 4.79 Å². The van der Waals surface area contributed by atoms with Crippen LogP contribution >= 0.6 is 11.3 Å². The minimum Gasteiger partial charge on any atom is -0.341 e. The van der Waals surface area contributed by atoms with Gasteiger partial charge in [0.2, 0.25) is 5.91 Å². The Balaban J connectivity index is 1.72. The molecule has 0 spiro atoms. The Morgan fingerprint density at radius 3 is 2.42 bits per heavy atom. The summed E-state index contributed by atoms with van der Waals surface area (Å²) in [5.74, 6) is -1.68. The Labute approximate surface area is 140 Å². The first-order valence-electron chi connectivity index (χ1n) is 7.44. The lowest BCUT2D eigenvalue weighted by Crippen LogP contribution is -2.39.